The average Bonchev–Trinajstić information content (AvgIpc) is 2.67. The smallest absolute Gasteiger partial charge is 0.254 e. The average molecular weight is 260 g/mol. The molecule has 1 fully saturated rings. The fourth-order valence-electron chi connectivity index (χ4n) is 2.79. The Morgan fingerprint density at radius 1 is 1.11 bits per heavy atom. The highest BCUT2D eigenvalue weighted by Gasteiger charge is 2.32. The first-order valence-corrected chi connectivity index (χ1v) is 6.64. The van der Waals surface area contributed by atoms with E-state index in [1.807, 2.05) is 17.9 Å². The lowest BCUT2D eigenvalue weighted by molar-refractivity contribution is 0.0692. The maximum Gasteiger partial charge on any atom is 0.254 e. The second-order valence-electron chi connectivity index (χ2n) is 5.44. The van der Waals surface area contributed by atoms with Gasteiger partial charge in [-0.25, -0.2) is 0 Å². The summed E-state index contributed by atoms with van der Waals surface area (Å²) in [7, 11) is 0. The van der Waals surface area contributed by atoms with Crippen LogP contribution in [0.1, 0.15) is 53.0 Å². The summed E-state index contributed by atoms with van der Waals surface area (Å²) in [6.45, 7) is 5.98. The van der Waals surface area contributed by atoms with E-state index in [9.17, 15) is 9.59 Å². The Morgan fingerprint density at radius 2 is 1.63 bits per heavy atom. The lowest BCUT2D eigenvalue weighted by atomic mass is 10.0. The minimum Gasteiger partial charge on any atom is -0.366 e. The summed E-state index contributed by atoms with van der Waals surface area (Å²) in [6, 6.07) is 5.61. The van der Waals surface area contributed by atoms with Gasteiger partial charge in [0.25, 0.3) is 5.91 Å². The first-order valence-electron chi connectivity index (χ1n) is 6.64. The predicted octanol–water partition coefficient (Wildman–Crippen LogP) is 2.11. The molecule has 4 nitrogen and oxygen atoms in total. The Kier molecular flexibility index (Phi) is 3.60. The van der Waals surface area contributed by atoms with E-state index in [-0.39, 0.29) is 18.0 Å². The number of likely N-dealkylation sites (tertiary alicyclic amines) is 1. The zero-order valence-electron chi connectivity index (χ0n) is 11.6. The summed E-state index contributed by atoms with van der Waals surface area (Å²) >= 11 is 0. The molecule has 0 spiro atoms. The number of nitrogens with two attached hydrogens (primary N) is 1. The number of carbonyl (C=O) groups is 2. The fraction of sp³-hybridized carbons (Fsp3) is 0.467. The zero-order chi connectivity index (χ0) is 14.2. The van der Waals surface area contributed by atoms with Crippen molar-refractivity contribution < 1.29 is 9.59 Å². The number of amides is 2. The summed E-state index contributed by atoms with van der Waals surface area (Å²) in [5.74, 6) is -0.510. The molecule has 0 aliphatic carbocycles. The maximum atomic E-state index is 12.6. The van der Waals surface area contributed by atoms with Gasteiger partial charge in [0.2, 0.25) is 5.91 Å². The second-order valence-corrected chi connectivity index (χ2v) is 5.44. The standard InChI is InChI=1S/C15H20N2O2/c1-9-6-12(14(16)18)8-13(7-9)15(19)17-10(2)4-5-11(17)3/h6-8,10-11H,4-5H2,1-3H3,(H2,16,18)/t10-,11-/m1/s1. The highest BCUT2D eigenvalue weighted by atomic mass is 16.2. The van der Waals surface area contributed by atoms with Gasteiger partial charge in [0.05, 0.1) is 0 Å². The van der Waals surface area contributed by atoms with Gasteiger partial charge in [0, 0.05) is 23.2 Å². The van der Waals surface area contributed by atoms with Crippen molar-refractivity contribution in [2.24, 2.45) is 5.73 Å². The molecule has 4 heteroatoms. The molecule has 0 radical (unpaired) electrons. The van der Waals surface area contributed by atoms with Gasteiger partial charge in [-0.05, 0) is 57.4 Å². The fourth-order valence-corrected chi connectivity index (χ4v) is 2.79. The molecule has 2 N–H and O–H groups in total. The summed E-state index contributed by atoms with van der Waals surface area (Å²) in [4.78, 5) is 25.7. The first-order chi connectivity index (χ1) is 8.90. The number of hydrogen-bond acceptors (Lipinski definition) is 2. The summed E-state index contributed by atoms with van der Waals surface area (Å²) in [6.07, 6.45) is 2.06. The SMILES string of the molecule is Cc1cc(C(N)=O)cc(C(=O)N2[C@H](C)CC[C@H]2C)c1. The van der Waals surface area contributed by atoms with Gasteiger partial charge in [0.1, 0.15) is 0 Å². The Hall–Kier alpha value is -1.84. The van der Waals surface area contributed by atoms with Crippen molar-refractivity contribution in [3.63, 3.8) is 0 Å². The minimum absolute atomic E-state index is 0.0105. The normalized spacial score (nSPS) is 22.6. The summed E-state index contributed by atoms with van der Waals surface area (Å²) in [5, 5.41) is 0. The van der Waals surface area contributed by atoms with Crippen molar-refractivity contribution in [2.45, 2.75) is 45.7 Å². The molecule has 19 heavy (non-hydrogen) atoms. The van der Waals surface area contributed by atoms with Crippen LogP contribution in [0.15, 0.2) is 18.2 Å². The maximum absolute atomic E-state index is 12.6. The first kappa shape index (κ1) is 13.6. The van der Waals surface area contributed by atoms with Crippen molar-refractivity contribution >= 4 is 11.8 Å². The third-order valence-electron chi connectivity index (χ3n) is 3.80. The highest BCUT2D eigenvalue weighted by molar-refractivity contribution is 5.99. The molecule has 1 saturated heterocycles. The number of nitrogens with zero attached hydrogens (tertiary/aromatic N) is 1. The molecule has 2 atom stereocenters. The summed E-state index contributed by atoms with van der Waals surface area (Å²) in [5.41, 5.74) is 7.11. The van der Waals surface area contributed by atoms with Crippen LogP contribution in [0, 0.1) is 6.92 Å². The molecule has 102 valence electrons. The monoisotopic (exact) mass is 260 g/mol. The van der Waals surface area contributed by atoms with Crippen LogP contribution in [-0.4, -0.2) is 28.8 Å². The third kappa shape index (κ3) is 2.62. The van der Waals surface area contributed by atoms with Crippen LogP contribution in [0.5, 0.6) is 0 Å². The molecule has 0 unspecified atom stereocenters. The van der Waals surface area contributed by atoms with Crippen molar-refractivity contribution in [1.29, 1.82) is 0 Å². The van der Waals surface area contributed by atoms with Gasteiger partial charge in [-0.1, -0.05) is 0 Å². The molecule has 1 heterocycles. The number of aryl methyl sites for hydroxylation is 1. The molecule has 0 saturated carbocycles. The van der Waals surface area contributed by atoms with E-state index in [1.54, 1.807) is 12.1 Å². The molecule has 2 amide bonds. The topological polar surface area (TPSA) is 63.4 Å². The largest absolute Gasteiger partial charge is 0.366 e. The van der Waals surface area contributed by atoms with Gasteiger partial charge in [0.15, 0.2) is 0 Å². The molecule has 1 aliphatic heterocycles. The van der Waals surface area contributed by atoms with Crippen molar-refractivity contribution in [3.8, 4) is 0 Å². The summed E-state index contributed by atoms with van der Waals surface area (Å²) < 4.78 is 0. The van der Waals surface area contributed by atoms with Crippen LogP contribution in [-0.2, 0) is 0 Å². The zero-order valence-corrected chi connectivity index (χ0v) is 11.6. The molecule has 1 aromatic carbocycles. The van der Waals surface area contributed by atoms with Gasteiger partial charge in [-0.15, -0.1) is 0 Å². The number of primary amides is 1. The van der Waals surface area contributed by atoms with E-state index in [4.69, 9.17) is 5.73 Å². The van der Waals surface area contributed by atoms with Crippen LogP contribution in [0.3, 0.4) is 0 Å². The van der Waals surface area contributed by atoms with E-state index in [1.165, 1.54) is 0 Å². The Labute approximate surface area is 113 Å². The van der Waals surface area contributed by atoms with Gasteiger partial charge in [-0.2, -0.15) is 0 Å². The van der Waals surface area contributed by atoms with Crippen molar-refractivity contribution in [2.75, 3.05) is 0 Å². The van der Waals surface area contributed by atoms with Crippen molar-refractivity contribution in [3.05, 3.63) is 34.9 Å². The van der Waals surface area contributed by atoms with Crippen LogP contribution in [0.2, 0.25) is 0 Å². The lowest BCUT2D eigenvalue weighted by Crippen LogP contribution is -2.38. The Balaban J connectivity index is 2.36. The number of rotatable bonds is 2. The van der Waals surface area contributed by atoms with E-state index in [0.29, 0.717) is 11.1 Å². The number of hydrogen-bond donors (Lipinski definition) is 1. The van der Waals surface area contributed by atoms with E-state index >= 15 is 0 Å². The van der Waals surface area contributed by atoms with E-state index in [0.717, 1.165) is 18.4 Å². The van der Waals surface area contributed by atoms with E-state index < -0.39 is 5.91 Å². The van der Waals surface area contributed by atoms with Crippen LogP contribution < -0.4 is 5.73 Å². The molecule has 1 aliphatic rings. The quantitative estimate of drug-likeness (QED) is 0.885. The molecule has 0 bridgehead atoms. The molecule has 2 rings (SSSR count). The third-order valence-corrected chi connectivity index (χ3v) is 3.80. The van der Waals surface area contributed by atoms with E-state index in [2.05, 4.69) is 13.8 Å². The predicted molar refractivity (Wildman–Crippen MR) is 74.0 cm³/mol. The molecule has 0 aromatic heterocycles. The second kappa shape index (κ2) is 5.03. The van der Waals surface area contributed by atoms with Crippen LogP contribution in [0.25, 0.3) is 0 Å². The van der Waals surface area contributed by atoms with Crippen molar-refractivity contribution in [1.82, 2.24) is 4.90 Å². The van der Waals surface area contributed by atoms with Crippen LogP contribution in [0.4, 0.5) is 0 Å². The van der Waals surface area contributed by atoms with Gasteiger partial charge >= 0.3 is 0 Å². The number of carbonyl (C=O) groups excluding carboxylic acids is 2. The molecular formula is C15H20N2O2. The molecular weight excluding hydrogens is 240 g/mol. The lowest BCUT2D eigenvalue weighted by Gasteiger charge is -2.26. The Bertz CT molecular complexity index is 515. The number of benzene rings is 1. The van der Waals surface area contributed by atoms with Crippen LogP contribution >= 0.6 is 0 Å². The highest BCUT2D eigenvalue weighted by Crippen LogP contribution is 2.26. The molecule has 1 aromatic rings. The van der Waals surface area contributed by atoms with Gasteiger partial charge < -0.3 is 10.6 Å². The van der Waals surface area contributed by atoms with Gasteiger partial charge in [-0.3, -0.25) is 9.59 Å². The Morgan fingerprint density at radius 3 is 2.16 bits per heavy atom. The minimum atomic E-state index is -0.500.